The Bertz CT molecular complexity index is 2000. The van der Waals surface area contributed by atoms with Crippen molar-refractivity contribution in [3.63, 3.8) is 0 Å². The molecule has 1 aliphatic heterocycles. The molecule has 5 aromatic rings. The Morgan fingerprint density at radius 3 is 2.60 bits per heavy atom. The zero-order valence-corrected chi connectivity index (χ0v) is 25.0. The second kappa shape index (κ2) is 11.7. The molecule has 3 aromatic carbocycles. The Labute approximate surface area is 258 Å². The fourth-order valence-electron chi connectivity index (χ4n) is 5.78. The van der Waals surface area contributed by atoms with Crippen molar-refractivity contribution in [1.29, 1.82) is 5.26 Å². The van der Waals surface area contributed by atoms with Crippen molar-refractivity contribution in [1.82, 2.24) is 14.5 Å². The highest BCUT2D eigenvalue weighted by Gasteiger charge is 2.39. The lowest BCUT2D eigenvalue weighted by Gasteiger charge is -2.28. The number of ether oxygens (including phenoxy) is 2. The number of nitrogens with zero attached hydrogens (tertiary/aromatic N) is 4. The zero-order valence-electron chi connectivity index (χ0n) is 25.0. The van der Waals surface area contributed by atoms with Crippen LogP contribution in [-0.2, 0) is 17.8 Å². The Kier molecular flexibility index (Phi) is 7.81. The van der Waals surface area contributed by atoms with Gasteiger partial charge >= 0.3 is 5.97 Å². The van der Waals surface area contributed by atoms with E-state index in [9.17, 15) is 14.3 Å². The molecular weight excluding hydrogens is 578 g/mol. The summed E-state index contributed by atoms with van der Waals surface area (Å²) in [5, 5.41) is 18.6. The van der Waals surface area contributed by atoms with Crippen LogP contribution in [0.4, 0.5) is 8.78 Å². The van der Waals surface area contributed by atoms with Crippen molar-refractivity contribution >= 4 is 17.0 Å². The van der Waals surface area contributed by atoms with Gasteiger partial charge in [-0.15, -0.1) is 0 Å². The van der Waals surface area contributed by atoms with Crippen molar-refractivity contribution in [3.05, 3.63) is 112 Å². The first-order valence-electron chi connectivity index (χ1n) is 14.4. The number of hydrogen-bond donors (Lipinski definition) is 1. The molecule has 228 valence electrons. The predicted molar refractivity (Wildman–Crippen MR) is 163 cm³/mol. The van der Waals surface area contributed by atoms with Crippen molar-refractivity contribution in [2.24, 2.45) is 5.41 Å². The highest BCUT2D eigenvalue weighted by atomic mass is 19.1. The minimum absolute atomic E-state index is 0.0852. The molecule has 45 heavy (non-hydrogen) atoms. The number of carbonyl (C=O) groups is 1. The molecule has 0 radical (unpaired) electrons. The number of imidazole rings is 1. The lowest BCUT2D eigenvalue weighted by atomic mass is 9.87. The number of halogens is 2. The number of nitriles is 1. The molecule has 0 aliphatic carbocycles. The molecule has 6 rings (SSSR count). The van der Waals surface area contributed by atoms with E-state index >= 15 is 4.39 Å². The molecule has 1 aliphatic rings. The summed E-state index contributed by atoms with van der Waals surface area (Å²) in [6.45, 7) is 6.94. The van der Waals surface area contributed by atoms with Gasteiger partial charge in [-0.25, -0.2) is 23.5 Å². The topological polar surface area (TPSA) is 110 Å². The Balaban J connectivity index is 1.30. The Hall–Kier alpha value is -5.14. The number of carboxylic acids is 1. The van der Waals surface area contributed by atoms with Gasteiger partial charge in [-0.05, 0) is 60.5 Å². The summed E-state index contributed by atoms with van der Waals surface area (Å²) in [6, 6.07) is 19.1. The van der Waals surface area contributed by atoms with Gasteiger partial charge in [0.25, 0.3) is 0 Å². The van der Waals surface area contributed by atoms with E-state index in [-0.39, 0.29) is 47.1 Å². The molecule has 0 bridgehead atoms. The quantitative estimate of drug-likeness (QED) is 0.202. The summed E-state index contributed by atoms with van der Waals surface area (Å²) >= 11 is 0. The van der Waals surface area contributed by atoms with Crippen LogP contribution >= 0.6 is 0 Å². The van der Waals surface area contributed by atoms with Crippen molar-refractivity contribution in [2.45, 2.75) is 39.8 Å². The number of aromatic nitrogens is 3. The smallest absolute Gasteiger partial charge is 0.335 e. The second-order valence-electron chi connectivity index (χ2n) is 11.9. The third-order valence-corrected chi connectivity index (χ3v) is 8.27. The SMILES string of the molecule is Cc1cc(Cc2nc3ccc(C(=O)O)cc3n2[C@@H]2COCC2(C)C)c(F)cc1-c1cccc(OCc2ccc(C#N)cc2F)n1. The van der Waals surface area contributed by atoms with Gasteiger partial charge in [0.15, 0.2) is 0 Å². The number of aryl methyl sites for hydroxylation is 1. The summed E-state index contributed by atoms with van der Waals surface area (Å²) < 4.78 is 43.7. The van der Waals surface area contributed by atoms with Gasteiger partial charge in [0.2, 0.25) is 5.88 Å². The number of pyridine rings is 1. The largest absolute Gasteiger partial charge is 0.478 e. The maximum absolute atomic E-state index is 15.8. The van der Waals surface area contributed by atoms with E-state index in [4.69, 9.17) is 19.7 Å². The van der Waals surface area contributed by atoms with Gasteiger partial charge in [-0.1, -0.05) is 32.0 Å². The average molecular weight is 609 g/mol. The van der Waals surface area contributed by atoms with Crippen molar-refractivity contribution < 1.29 is 28.2 Å². The highest BCUT2D eigenvalue weighted by molar-refractivity contribution is 5.92. The molecule has 1 N–H and O–H groups in total. The van der Waals surface area contributed by atoms with E-state index in [0.717, 1.165) is 11.6 Å². The van der Waals surface area contributed by atoms with Crippen LogP contribution in [0.3, 0.4) is 0 Å². The van der Waals surface area contributed by atoms with E-state index < -0.39 is 17.6 Å². The van der Waals surface area contributed by atoms with Crippen molar-refractivity contribution in [2.75, 3.05) is 13.2 Å². The lowest BCUT2D eigenvalue weighted by molar-refractivity contribution is 0.0697. The van der Waals surface area contributed by atoms with Gasteiger partial charge in [0.05, 0.1) is 53.2 Å². The molecule has 1 fully saturated rings. The standard InChI is InChI=1S/C35H30F2N4O4/c1-20-11-24(14-32-39-29-10-9-22(34(42)43)13-30(29)41(32)31-18-44-19-35(31,2)3)27(37)15-25(20)28-5-4-6-33(40-28)45-17-23-8-7-21(16-38)12-26(23)36/h4-13,15,31H,14,17-19H2,1-3H3,(H,42,43)/t31-/m1/s1. The van der Waals surface area contributed by atoms with Crippen LogP contribution in [0.15, 0.2) is 66.7 Å². The maximum Gasteiger partial charge on any atom is 0.335 e. The monoisotopic (exact) mass is 608 g/mol. The van der Waals surface area contributed by atoms with E-state index in [0.29, 0.717) is 46.9 Å². The first-order chi connectivity index (χ1) is 21.5. The van der Waals surface area contributed by atoms with Crippen LogP contribution in [0.1, 0.15) is 58.3 Å². The number of benzene rings is 3. The summed E-state index contributed by atoms with van der Waals surface area (Å²) in [4.78, 5) is 21.1. The van der Waals surface area contributed by atoms with E-state index in [2.05, 4.69) is 18.8 Å². The maximum atomic E-state index is 15.8. The first kappa shape index (κ1) is 29.9. The molecule has 8 nitrogen and oxygen atoms in total. The number of aromatic carboxylic acids is 1. The number of carboxylic acid groups (broad SMARTS) is 1. The summed E-state index contributed by atoms with van der Waals surface area (Å²) in [6.07, 6.45) is 0.184. The molecule has 0 amide bonds. The minimum Gasteiger partial charge on any atom is -0.478 e. The van der Waals surface area contributed by atoms with Crippen LogP contribution in [0.5, 0.6) is 5.88 Å². The third-order valence-electron chi connectivity index (χ3n) is 8.27. The van der Waals surface area contributed by atoms with Gasteiger partial charge in [-0.3, -0.25) is 0 Å². The molecule has 10 heteroatoms. The molecular formula is C35H30F2N4O4. The number of rotatable bonds is 8. The van der Waals surface area contributed by atoms with Crippen LogP contribution in [0.2, 0.25) is 0 Å². The van der Waals surface area contributed by atoms with E-state index in [1.807, 2.05) is 17.6 Å². The van der Waals surface area contributed by atoms with E-state index in [1.165, 1.54) is 24.3 Å². The number of hydrogen-bond acceptors (Lipinski definition) is 6. The highest BCUT2D eigenvalue weighted by Crippen LogP contribution is 2.40. The Morgan fingerprint density at radius 2 is 1.89 bits per heavy atom. The molecule has 1 atom stereocenters. The molecule has 0 saturated carbocycles. The van der Waals surface area contributed by atoms with Crippen LogP contribution in [0, 0.1) is 35.3 Å². The van der Waals surface area contributed by atoms with Crippen LogP contribution in [0.25, 0.3) is 22.3 Å². The lowest BCUT2D eigenvalue weighted by Crippen LogP contribution is -2.27. The zero-order chi connectivity index (χ0) is 31.9. The van der Waals surface area contributed by atoms with Gasteiger partial charge in [0.1, 0.15) is 24.1 Å². The minimum atomic E-state index is -1.03. The second-order valence-corrected chi connectivity index (χ2v) is 11.9. The first-order valence-corrected chi connectivity index (χ1v) is 14.4. The fourth-order valence-corrected chi connectivity index (χ4v) is 5.78. The third kappa shape index (κ3) is 5.87. The summed E-state index contributed by atoms with van der Waals surface area (Å²) in [5.41, 5.74) is 4.01. The van der Waals surface area contributed by atoms with Gasteiger partial charge < -0.3 is 19.1 Å². The molecule has 1 saturated heterocycles. The van der Waals surface area contributed by atoms with E-state index in [1.54, 1.807) is 36.4 Å². The van der Waals surface area contributed by atoms with Gasteiger partial charge in [0, 0.05) is 29.0 Å². The summed E-state index contributed by atoms with van der Waals surface area (Å²) in [5.74, 6) is -1.15. The summed E-state index contributed by atoms with van der Waals surface area (Å²) in [7, 11) is 0. The molecule has 0 spiro atoms. The van der Waals surface area contributed by atoms with Crippen molar-refractivity contribution in [3.8, 4) is 23.2 Å². The van der Waals surface area contributed by atoms with Crippen LogP contribution in [-0.4, -0.2) is 38.8 Å². The normalized spacial score (nSPS) is 15.7. The number of fused-ring (bicyclic) bond motifs is 1. The van der Waals surface area contributed by atoms with Crippen LogP contribution < -0.4 is 4.74 Å². The fraction of sp³-hybridized carbons (Fsp3) is 0.257. The molecule has 3 heterocycles. The van der Waals surface area contributed by atoms with Gasteiger partial charge in [-0.2, -0.15) is 5.26 Å². The average Bonchev–Trinajstić information content (AvgIpc) is 3.55. The molecule has 0 unspecified atom stereocenters. The predicted octanol–water partition coefficient (Wildman–Crippen LogP) is 7.02. The Morgan fingerprint density at radius 1 is 1.09 bits per heavy atom. The molecule has 2 aromatic heterocycles.